The number of carbonyl (C=O) groups excluding carboxylic acids is 1. The van der Waals surface area contributed by atoms with Crippen molar-refractivity contribution in [1.82, 2.24) is 30.0 Å². The molecule has 2 rings (SSSR count). The molecule has 2 N–H and O–H groups in total. The first-order valence-corrected chi connectivity index (χ1v) is 4.87. The molecule has 2 aromatic heterocycles. The summed E-state index contributed by atoms with van der Waals surface area (Å²) in [6.45, 7) is 0.518. The predicted octanol–water partition coefficient (Wildman–Crippen LogP) is -0.489. The fourth-order valence-corrected chi connectivity index (χ4v) is 1.32. The van der Waals surface area contributed by atoms with Crippen molar-refractivity contribution < 1.29 is 4.79 Å². The van der Waals surface area contributed by atoms with Crippen LogP contribution in [0.2, 0.25) is 0 Å². The number of imidazole rings is 1. The van der Waals surface area contributed by atoms with Crippen LogP contribution in [0.5, 0.6) is 0 Å². The molecule has 2 heterocycles. The predicted molar refractivity (Wildman–Crippen MR) is 55.6 cm³/mol. The average molecular weight is 220 g/mol. The van der Waals surface area contributed by atoms with Gasteiger partial charge in [-0.3, -0.25) is 9.89 Å². The van der Waals surface area contributed by atoms with Crippen LogP contribution in [0.4, 0.5) is 0 Å². The lowest BCUT2D eigenvalue weighted by atomic mass is 10.4. The molecule has 7 heteroatoms. The molecule has 1 amide bonds. The van der Waals surface area contributed by atoms with Crippen molar-refractivity contribution in [2.24, 2.45) is 7.05 Å². The van der Waals surface area contributed by atoms with Gasteiger partial charge in [0.15, 0.2) is 0 Å². The van der Waals surface area contributed by atoms with Crippen LogP contribution in [0.1, 0.15) is 16.4 Å². The van der Waals surface area contributed by atoms with E-state index in [0.717, 1.165) is 5.82 Å². The highest BCUT2D eigenvalue weighted by Gasteiger charge is 2.07. The monoisotopic (exact) mass is 220 g/mol. The topological polar surface area (TPSA) is 88.5 Å². The summed E-state index contributed by atoms with van der Waals surface area (Å²) >= 11 is 0. The van der Waals surface area contributed by atoms with Crippen LogP contribution in [0.15, 0.2) is 18.7 Å². The first-order chi connectivity index (χ1) is 7.77. The third-order valence-corrected chi connectivity index (χ3v) is 2.19. The molecule has 0 radical (unpaired) electrons. The third-order valence-electron chi connectivity index (χ3n) is 2.19. The Morgan fingerprint density at radius 1 is 1.56 bits per heavy atom. The van der Waals surface area contributed by atoms with Gasteiger partial charge >= 0.3 is 0 Å². The van der Waals surface area contributed by atoms with Crippen LogP contribution in [0.25, 0.3) is 0 Å². The van der Waals surface area contributed by atoms with E-state index in [2.05, 4.69) is 25.5 Å². The number of hydrogen-bond acceptors (Lipinski definition) is 4. The maximum atomic E-state index is 11.4. The quantitative estimate of drug-likeness (QED) is 0.727. The van der Waals surface area contributed by atoms with E-state index in [1.54, 1.807) is 6.20 Å². The Bertz CT molecular complexity index is 460. The third kappa shape index (κ3) is 2.25. The van der Waals surface area contributed by atoms with E-state index in [9.17, 15) is 4.79 Å². The number of nitrogens with one attached hydrogen (secondary N) is 2. The standard InChI is InChI=1S/C9H12N6O/c1-15-5-4-10-7(15)2-3-11-9(16)8-12-6-13-14-8/h4-6H,2-3H2,1H3,(H,11,16)(H,12,13,14). The molecule has 0 aromatic carbocycles. The molecule has 0 fully saturated rings. The van der Waals surface area contributed by atoms with Gasteiger partial charge in [0.05, 0.1) is 0 Å². The normalized spacial score (nSPS) is 10.3. The highest BCUT2D eigenvalue weighted by molar-refractivity contribution is 5.90. The fourth-order valence-electron chi connectivity index (χ4n) is 1.32. The Balaban J connectivity index is 1.81. The zero-order valence-corrected chi connectivity index (χ0v) is 8.84. The number of aromatic nitrogens is 5. The second-order valence-corrected chi connectivity index (χ2v) is 3.29. The minimum atomic E-state index is -0.258. The van der Waals surface area contributed by atoms with E-state index in [1.165, 1.54) is 6.33 Å². The summed E-state index contributed by atoms with van der Waals surface area (Å²) in [6.07, 6.45) is 5.58. The molecule has 0 bridgehead atoms. The Morgan fingerprint density at radius 3 is 3.06 bits per heavy atom. The Labute approximate surface area is 91.9 Å². The number of carbonyl (C=O) groups is 1. The first-order valence-electron chi connectivity index (χ1n) is 4.87. The number of hydrogen-bond donors (Lipinski definition) is 2. The minimum absolute atomic E-state index is 0.222. The van der Waals surface area contributed by atoms with Crippen molar-refractivity contribution in [2.75, 3.05) is 6.54 Å². The van der Waals surface area contributed by atoms with Gasteiger partial charge in [-0.2, -0.15) is 5.10 Å². The molecular weight excluding hydrogens is 208 g/mol. The number of nitrogens with zero attached hydrogens (tertiary/aromatic N) is 4. The van der Waals surface area contributed by atoms with E-state index in [4.69, 9.17) is 0 Å². The summed E-state index contributed by atoms with van der Waals surface area (Å²) < 4.78 is 1.92. The number of rotatable bonds is 4. The van der Waals surface area contributed by atoms with Crippen molar-refractivity contribution in [2.45, 2.75) is 6.42 Å². The molecule has 0 aliphatic heterocycles. The number of aryl methyl sites for hydroxylation is 1. The molecular formula is C9H12N6O. The fraction of sp³-hybridized carbons (Fsp3) is 0.333. The molecule has 2 aromatic rings. The van der Waals surface area contributed by atoms with Gasteiger partial charge in [-0.05, 0) is 0 Å². The van der Waals surface area contributed by atoms with Gasteiger partial charge in [0, 0.05) is 32.4 Å². The minimum Gasteiger partial charge on any atom is -0.349 e. The van der Waals surface area contributed by atoms with Crippen molar-refractivity contribution in [3.63, 3.8) is 0 Å². The molecule has 16 heavy (non-hydrogen) atoms. The largest absolute Gasteiger partial charge is 0.349 e. The molecule has 0 aliphatic rings. The summed E-state index contributed by atoms with van der Waals surface area (Å²) in [4.78, 5) is 19.3. The van der Waals surface area contributed by atoms with Crippen LogP contribution in [-0.2, 0) is 13.5 Å². The van der Waals surface area contributed by atoms with Gasteiger partial charge in [0.1, 0.15) is 12.2 Å². The van der Waals surface area contributed by atoms with Crippen LogP contribution in [-0.4, -0.2) is 37.2 Å². The molecule has 0 saturated carbocycles. The van der Waals surface area contributed by atoms with Gasteiger partial charge in [-0.15, -0.1) is 0 Å². The van der Waals surface area contributed by atoms with Gasteiger partial charge in [-0.1, -0.05) is 0 Å². The maximum Gasteiger partial charge on any atom is 0.288 e. The van der Waals surface area contributed by atoms with Crippen molar-refractivity contribution in [1.29, 1.82) is 0 Å². The van der Waals surface area contributed by atoms with E-state index >= 15 is 0 Å². The number of H-pyrrole nitrogens is 1. The van der Waals surface area contributed by atoms with Gasteiger partial charge < -0.3 is 9.88 Å². The van der Waals surface area contributed by atoms with Crippen LogP contribution < -0.4 is 5.32 Å². The summed E-state index contributed by atoms with van der Waals surface area (Å²) in [6, 6.07) is 0. The van der Waals surface area contributed by atoms with Crippen LogP contribution in [0, 0.1) is 0 Å². The Hall–Kier alpha value is -2.18. The smallest absolute Gasteiger partial charge is 0.288 e. The molecule has 0 unspecified atom stereocenters. The van der Waals surface area contributed by atoms with Crippen LogP contribution in [0.3, 0.4) is 0 Å². The van der Waals surface area contributed by atoms with Gasteiger partial charge in [-0.25, -0.2) is 9.97 Å². The summed E-state index contributed by atoms with van der Waals surface area (Å²) in [5.41, 5.74) is 0. The van der Waals surface area contributed by atoms with Gasteiger partial charge in [0.25, 0.3) is 5.91 Å². The highest BCUT2D eigenvalue weighted by atomic mass is 16.2. The van der Waals surface area contributed by atoms with Crippen LogP contribution >= 0.6 is 0 Å². The number of amides is 1. The van der Waals surface area contributed by atoms with Crippen molar-refractivity contribution in [3.8, 4) is 0 Å². The maximum absolute atomic E-state index is 11.4. The summed E-state index contributed by atoms with van der Waals surface area (Å²) in [7, 11) is 1.92. The second kappa shape index (κ2) is 4.56. The zero-order valence-electron chi connectivity index (χ0n) is 8.84. The summed E-state index contributed by atoms with van der Waals surface area (Å²) in [5.74, 6) is 0.893. The SMILES string of the molecule is Cn1ccnc1CCNC(=O)c1ncn[nH]1. The average Bonchev–Trinajstić information content (AvgIpc) is 2.90. The molecule has 0 saturated heterocycles. The van der Waals surface area contributed by atoms with E-state index in [-0.39, 0.29) is 11.7 Å². The lowest BCUT2D eigenvalue weighted by molar-refractivity contribution is 0.0944. The lowest BCUT2D eigenvalue weighted by Gasteiger charge is -2.03. The number of aromatic amines is 1. The zero-order chi connectivity index (χ0) is 11.4. The highest BCUT2D eigenvalue weighted by Crippen LogP contribution is 1.94. The van der Waals surface area contributed by atoms with E-state index in [1.807, 2.05) is 17.8 Å². The van der Waals surface area contributed by atoms with Crippen molar-refractivity contribution in [3.05, 3.63) is 30.4 Å². The molecule has 0 spiro atoms. The molecule has 84 valence electrons. The van der Waals surface area contributed by atoms with Gasteiger partial charge in [0.2, 0.25) is 5.82 Å². The summed E-state index contributed by atoms with van der Waals surface area (Å²) in [5, 5.41) is 8.82. The second-order valence-electron chi connectivity index (χ2n) is 3.29. The van der Waals surface area contributed by atoms with E-state index in [0.29, 0.717) is 13.0 Å². The Kier molecular flexibility index (Phi) is 2.95. The van der Waals surface area contributed by atoms with E-state index < -0.39 is 0 Å². The molecule has 0 aliphatic carbocycles. The molecule has 7 nitrogen and oxygen atoms in total. The Morgan fingerprint density at radius 2 is 2.44 bits per heavy atom. The van der Waals surface area contributed by atoms with Crippen molar-refractivity contribution >= 4 is 5.91 Å². The lowest BCUT2D eigenvalue weighted by Crippen LogP contribution is -2.27. The molecule has 0 atom stereocenters. The first kappa shape index (κ1) is 10.3.